The molecule has 8 heteroatoms. The third kappa shape index (κ3) is 6.91. The van der Waals surface area contributed by atoms with Crippen LogP contribution in [0.1, 0.15) is 41.6 Å². The van der Waals surface area contributed by atoms with Crippen LogP contribution in [0, 0.1) is 5.92 Å². The number of aliphatic hydroxyl groups excluding tert-OH is 1. The van der Waals surface area contributed by atoms with Crippen LogP contribution >= 0.6 is 23.2 Å². The molecule has 0 unspecified atom stereocenters. The van der Waals surface area contributed by atoms with E-state index in [4.69, 9.17) is 23.2 Å². The van der Waals surface area contributed by atoms with Crippen LogP contribution in [0.5, 0.6) is 0 Å². The summed E-state index contributed by atoms with van der Waals surface area (Å²) in [6.07, 6.45) is -1.54. The summed E-state index contributed by atoms with van der Waals surface area (Å²) in [5.41, 5.74) is 2.02. The van der Waals surface area contributed by atoms with Crippen molar-refractivity contribution in [1.29, 1.82) is 0 Å². The molecule has 3 N–H and O–H groups in total. The number of carbonyl (C=O) groups is 1. The van der Waals surface area contributed by atoms with E-state index in [0.717, 1.165) is 44.8 Å². The molecule has 1 aliphatic rings. The van der Waals surface area contributed by atoms with Gasteiger partial charge in [-0.15, -0.1) is 0 Å². The minimum atomic E-state index is -1.54. The molecule has 174 valence electrons. The van der Waals surface area contributed by atoms with Gasteiger partial charge in [-0.05, 0) is 35.7 Å². The molecule has 2 aromatic carbocycles. The van der Waals surface area contributed by atoms with Crippen LogP contribution in [0.2, 0.25) is 10.0 Å². The van der Waals surface area contributed by atoms with Crippen molar-refractivity contribution in [1.82, 2.24) is 15.1 Å². The van der Waals surface area contributed by atoms with E-state index in [1.165, 1.54) is 0 Å². The lowest BCUT2D eigenvalue weighted by molar-refractivity contribution is -0.0425. The summed E-state index contributed by atoms with van der Waals surface area (Å²) in [6, 6.07) is 12.1. The van der Waals surface area contributed by atoms with Gasteiger partial charge < -0.3 is 15.5 Å². The molecule has 1 atom stereocenters. The second-order valence-corrected chi connectivity index (χ2v) is 9.46. The van der Waals surface area contributed by atoms with Crippen LogP contribution in [0.15, 0.2) is 42.5 Å². The molecule has 0 saturated carbocycles. The number of benzene rings is 2. The van der Waals surface area contributed by atoms with E-state index in [9.17, 15) is 15.0 Å². The first-order chi connectivity index (χ1) is 15.2. The molecule has 0 aromatic heterocycles. The van der Waals surface area contributed by atoms with E-state index in [1.807, 2.05) is 18.2 Å². The summed E-state index contributed by atoms with van der Waals surface area (Å²) in [4.78, 5) is 17.5. The number of hydrogen-bond acceptors (Lipinski definition) is 5. The molecule has 3 rings (SSSR count). The fourth-order valence-corrected chi connectivity index (χ4v) is 4.11. The fraction of sp³-hybridized carbons (Fsp3) is 0.458. The standard InChI is InChI=1S/C24H31Cl2N3O3/c1-16(2)22(27-23(30)18-4-6-19(7-5-18)24(31)32)15-29-11-9-28(10-12-29)14-17-3-8-20(25)21(26)13-17/h3-8,13,16,22,24,31-32H,9-12,14-15H2,1-2H3,(H,27,30)/t22-/m0/s1. The number of piperazine rings is 1. The summed E-state index contributed by atoms with van der Waals surface area (Å²) in [7, 11) is 0. The largest absolute Gasteiger partial charge is 0.364 e. The number of carbonyl (C=O) groups excluding carboxylic acids is 1. The highest BCUT2D eigenvalue weighted by molar-refractivity contribution is 6.42. The number of hydrogen-bond donors (Lipinski definition) is 3. The molecule has 1 fully saturated rings. The smallest absolute Gasteiger partial charge is 0.251 e. The Labute approximate surface area is 199 Å². The van der Waals surface area contributed by atoms with Crippen LogP contribution < -0.4 is 5.32 Å². The quantitative estimate of drug-likeness (QED) is 0.504. The molecule has 0 bridgehead atoms. The Morgan fingerprint density at radius 3 is 2.16 bits per heavy atom. The molecule has 1 saturated heterocycles. The first kappa shape index (κ1) is 25.0. The van der Waals surface area contributed by atoms with Gasteiger partial charge in [0.2, 0.25) is 0 Å². The van der Waals surface area contributed by atoms with Crippen molar-refractivity contribution in [3.8, 4) is 0 Å². The molecule has 32 heavy (non-hydrogen) atoms. The number of aliphatic hydroxyl groups is 2. The highest BCUT2D eigenvalue weighted by Gasteiger charge is 2.24. The molecule has 1 heterocycles. The van der Waals surface area contributed by atoms with Crippen molar-refractivity contribution in [2.75, 3.05) is 32.7 Å². The Balaban J connectivity index is 1.51. The zero-order valence-corrected chi connectivity index (χ0v) is 20.0. The van der Waals surface area contributed by atoms with Gasteiger partial charge in [-0.3, -0.25) is 14.6 Å². The van der Waals surface area contributed by atoms with Crippen molar-refractivity contribution < 1.29 is 15.0 Å². The molecule has 6 nitrogen and oxygen atoms in total. The van der Waals surface area contributed by atoms with Crippen molar-refractivity contribution in [2.45, 2.75) is 32.7 Å². The monoisotopic (exact) mass is 479 g/mol. The maximum Gasteiger partial charge on any atom is 0.251 e. The maximum atomic E-state index is 12.7. The Morgan fingerprint density at radius 1 is 0.969 bits per heavy atom. The van der Waals surface area contributed by atoms with Crippen LogP contribution in [-0.2, 0) is 6.54 Å². The van der Waals surface area contributed by atoms with Gasteiger partial charge in [0, 0.05) is 56.4 Å². The average molecular weight is 480 g/mol. The van der Waals surface area contributed by atoms with Crippen LogP contribution in [-0.4, -0.2) is 64.7 Å². The lowest BCUT2D eigenvalue weighted by atomic mass is 10.0. The van der Waals surface area contributed by atoms with Crippen molar-refractivity contribution >= 4 is 29.1 Å². The number of rotatable bonds is 8. The molecule has 0 spiro atoms. The van der Waals surface area contributed by atoms with Gasteiger partial charge in [-0.25, -0.2) is 0 Å². The Bertz CT molecular complexity index is 898. The summed E-state index contributed by atoms with van der Waals surface area (Å²) < 4.78 is 0. The van der Waals surface area contributed by atoms with Gasteiger partial charge in [-0.2, -0.15) is 0 Å². The number of amides is 1. The van der Waals surface area contributed by atoms with Gasteiger partial charge in [0.25, 0.3) is 5.91 Å². The minimum absolute atomic E-state index is 0.0206. The Hall–Kier alpha value is -1.67. The number of nitrogens with zero attached hydrogens (tertiary/aromatic N) is 2. The predicted molar refractivity (Wildman–Crippen MR) is 128 cm³/mol. The van der Waals surface area contributed by atoms with E-state index in [-0.39, 0.29) is 17.9 Å². The second-order valence-electron chi connectivity index (χ2n) is 8.64. The zero-order chi connectivity index (χ0) is 23.3. The summed E-state index contributed by atoms with van der Waals surface area (Å²) >= 11 is 12.1. The first-order valence-electron chi connectivity index (χ1n) is 10.9. The van der Waals surface area contributed by atoms with Crippen molar-refractivity contribution in [3.05, 3.63) is 69.2 Å². The highest BCUT2D eigenvalue weighted by atomic mass is 35.5. The van der Waals surface area contributed by atoms with Crippen LogP contribution in [0.4, 0.5) is 0 Å². The number of nitrogens with one attached hydrogen (secondary N) is 1. The van der Waals surface area contributed by atoms with Crippen LogP contribution in [0.3, 0.4) is 0 Å². The van der Waals surface area contributed by atoms with Gasteiger partial charge in [0.15, 0.2) is 6.29 Å². The minimum Gasteiger partial charge on any atom is -0.364 e. The van der Waals surface area contributed by atoms with E-state index in [1.54, 1.807) is 24.3 Å². The topological polar surface area (TPSA) is 76.0 Å². The van der Waals surface area contributed by atoms with Crippen molar-refractivity contribution in [3.63, 3.8) is 0 Å². The Morgan fingerprint density at radius 2 is 1.59 bits per heavy atom. The predicted octanol–water partition coefficient (Wildman–Crippen LogP) is 3.55. The highest BCUT2D eigenvalue weighted by Crippen LogP contribution is 2.23. The summed E-state index contributed by atoms with van der Waals surface area (Å²) in [5.74, 6) is 0.132. The van der Waals surface area contributed by atoms with Crippen molar-refractivity contribution in [2.24, 2.45) is 5.92 Å². The van der Waals surface area contributed by atoms with E-state index in [0.29, 0.717) is 21.2 Å². The number of halogens is 2. The second kappa shape index (κ2) is 11.5. The van der Waals surface area contributed by atoms with E-state index < -0.39 is 6.29 Å². The van der Waals surface area contributed by atoms with Crippen LogP contribution in [0.25, 0.3) is 0 Å². The lowest BCUT2D eigenvalue weighted by Gasteiger charge is -2.37. The fourth-order valence-electron chi connectivity index (χ4n) is 3.79. The molecule has 1 aliphatic heterocycles. The molecular weight excluding hydrogens is 449 g/mol. The van der Waals surface area contributed by atoms with E-state index >= 15 is 0 Å². The summed E-state index contributed by atoms with van der Waals surface area (Å²) in [6.45, 7) is 9.61. The van der Waals surface area contributed by atoms with Gasteiger partial charge in [0.05, 0.1) is 10.0 Å². The van der Waals surface area contributed by atoms with E-state index in [2.05, 4.69) is 29.0 Å². The molecule has 0 aliphatic carbocycles. The molecule has 1 amide bonds. The Kier molecular flexibility index (Phi) is 8.94. The van der Waals surface area contributed by atoms with Gasteiger partial charge in [-0.1, -0.05) is 55.2 Å². The molecule has 2 aromatic rings. The van der Waals surface area contributed by atoms with Gasteiger partial charge >= 0.3 is 0 Å². The SMILES string of the molecule is CC(C)[C@H](CN1CCN(Cc2ccc(Cl)c(Cl)c2)CC1)NC(=O)c1ccc(C(O)O)cc1. The maximum absolute atomic E-state index is 12.7. The van der Waals surface area contributed by atoms with Gasteiger partial charge in [0.1, 0.15) is 0 Å². The lowest BCUT2D eigenvalue weighted by Crippen LogP contribution is -2.52. The summed E-state index contributed by atoms with van der Waals surface area (Å²) in [5, 5.41) is 22.7. The normalized spacial score (nSPS) is 16.5. The molecule has 0 radical (unpaired) electrons. The zero-order valence-electron chi connectivity index (χ0n) is 18.5. The average Bonchev–Trinajstić information content (AvgIpc) is 2.77. The third-order valence-corrected chi connectivity index (χ3v) is 6.64. The molecular formula is C24H31Cl2N3O3. The third-order valence-electron chi connectivity index (χ3n) is 5.90. The first-order valence-corrected chi connectivity index (χ1v) is 11.6.